The second-order valence-electron chi connectivity index (χ2n) is 6.67. The molecule has 4 heterocycles. The second kappa shape index (κ2) is 6.24. The molecule has 0 unspecified atom stereocenters. The summed E-state index contributed by atoms with van der Waals surface area (Å²) in [4.78, 5) is 15.3. The van der Waals surface area contributed by atoms with Crippen molar-refractivity contribution in [2.75, 3.05) is 18.0 Å². The van der Waals surface area contributed by atoms with Gasteiger partial charge in [0.25, 0.3) is 5.88 Å². The highest BCUT2D eigenvalue weighted by Crippen LogP contribution is 2.28. The summed E-state index contributed by atoms with van der Waals surface area (Å²) >= 11 is 0. The molecule has 4 rings (SSSR count). The van der Waals surface area contributed by atoms with Crippen molar-refractivity contribution in [3.63, 3.8) is 0 Å². The summed E-state index contributed by atoms with van der Waals surface area (Å²) in [7, 11) is 0. The third kappa shape index (κ3) is 3.02. The molecular weight excluding hydrogens is 332 g/mol. The van der Waals surface area contributed by atoms with Crippen LogP contribution in [0.4, 0.5) is 5.82 Å². The van der Waals surface area contributed by atoms with Crippen molar-refractivity contribution >= 4 is 17.0 Å². The van der Waals surface area contributed by atoms with Crippen LogP contribution in [0.3, 0.4) is 0 Å². The summed E-state index contributed by atoms with van der Waals surface area (Å²) in [5.41, 5.74) is 7.40. The normalized spacial score (nSPS) is 16.4. The number of H-pyrrole nitrogens is 1. The van der Waals surface area contributed by atoms with E-state index in [0.717, 1.165) is 31.7 Å². The lowest BCUT2D eigenvalue weighted by Crippen LogP contribution is -2.48. The number of hydrogen-bond donors (Lipinski definition) is 2. The quantitative estimate of drug-likeness (QED) is 0.730. The van der Waals surface area contributed by atoms with Gasteiger partial charge in [-0.1, -0.05) is 0 Å². The van der Waals surface area contributed by atoms with Crippen LogP contribution in [0.25, 0.3) is 11.2 Å². The highest BCUT2D eigenvalue weighted by Gasteiger charge is 2.27. The minimum atomic E-state index is -0.121. The van der Waals surface area contributed by atoms with E-state index in [-0.39, 0.29) is 17.3 Å². The zero-order valence-electron chi connectivity index (χ0n) is 14.3. The fourth-order valence-electron chi connectivity index (χ4n) is 2.89. The maximum atomic E-state index is 9.14. The minimum Gasteiger partial charge on any atom is -0.415 e. The van der Waals surface area contributed by atoms with Crippen molar-refractivity contribution in [1.82, 2.24) is 25.1 Å². The van der Waals surface area contributed by atoms with Crippen LogP contribution in [0.1, 0.15) is 25.3 Å². The van der Waals surface area contributed by atoms with Crippen LogP contribution in [-0.4, -0.2) is 43.8 Å². The van der Waals surface area contributed by atoms with Crippen LogP contribution in [0.5, 0.6) is 11.8 Å². The third-order valence-electron chi connectivity index (χ3n) is 4.54. The Morgan fingerprint density at radius 1 is 1.31 bits per heavy atom. The predicted octanol–water partition coefficient (Wildman–Crippen LogP) is 1.73. The van der Waals surface area contributed by atoms with Gasteiger partial charge in [-0.25, -0.2) is 15.0 Å². The van der Waals surface area contributed by atoms with E-state index in [0.29, 0.717) is 16.7 Å². The van der Waals surface area contributed by atoms with Gasteiger partial charge in [-0.2, -0.15) is 5.26 Å². The van der Waals surface area contributed by atoms with Gasteiger partial charge < -0.3 is 15.4 Å². The predicted molar refractivity (Wildman–Crippen MR) is 94.7 cm³/mol. The molecule has 0 spiro atoms. The van der Waals surface area contributed by atoms with Crippen molar-refractivity contribution in [2.45, 2.75) is 25.3 Å². The molecule has 0 aliphatic carbocycles. The molecule has 0 bridgehead atoms. The number of anilines is 1. The Labute approximate surface area is 149 Å². The fourth-order valence-corrected chi connectivity index (χ4v) is 2.89. The highest BCUT2D eigenvalue weighted by molar-refractivity contribution is 5.77. The summed E-state index contributed by atoms with van der Waals surface area (Å²) in [6.07, 6.45) is 5.06. The van der Waals surface area contributed by atoms with Crippen LogP contribution in [0.2, 0.25) is 0 Å². The standard InChI is InChI=1S/C17H18N8O/c1-17(19)4-7-25(8-5-17)12-10-21-13-14(22-12)23-24-16(13)26-15-11(9-18)3-2-6-20-15/h2-3,6,10H,4-5,7-8,19H2,1H3,(H,22,23,24). The van der Waals surface area contributed by atoms with Gasteiger partial charge in [-0.05, 0) is 31.9 Å². The number of nitrogens with two attached hydrogens (primary N) is 1. The topological polar surface area (TPSA) is 130 Å². The molecular formula is C17H18N8O. The van der Waals surface area contributed by atoms with E-state index < -0.39 is 0 Å². The molecule has 3 aromatic rings. The SMILES string of the molecule is CC1(N)CCN(c2cnc3c(Oc4ncccc4C#N)n[nH]c3n2)CC1. The van der Waals surface area contributed by atoms with Gasteiger partial charge >= 0.3 is 0 Å². The molecule has 9 nitrogen and oxygen atoms in total. The average molecular weight is 350 g/mol. The smallest absolute Gasteiger partial charge is 0.268 e. The molecule has 0 radical (unpaired) electrons. The summed E-state index contributed by atoms with van der Waals surface area (Å²) in [5.74, 6) is 1.20. The van der Waals surface area contributed by atoms with Crippen molar-refractivity contribution in [3.8, 4) is 17.8 Å². The second-order valence-corrected chi connectivity index (χ2v) is 6.67. The molecule has 1 saturated heterocycles. The Bertz CT molecular complexity index is 980. The van der Waals surface area contributed by atoms with E-state index in [1.165, 1.54) is 0 Å². The Kier molecular flexibility index (Phi) is 3.89. The molecule has 3 aromatic heterocycles. The van der Waals surface area contributed by atoms with Crippen molar-refractivity contribution in [1.29, 1.82) is 5.26 Å². The lowest BCUT2D eigenvalue weighted by molar-refractivity contribution is 0.363. The first-order valence-electron chi connectivity index (χ1n) is 8.34. The number of nitrogens with one attached hydrogen (secondary N) is 1. The van der Waals surface area contributed by atoms with Crippen LogP contribution in [0, 0.1) is 11.3 Å². The molecule has 132 valence electrons. The van der Waals surface area contributed by atoms with Gasteiger partial charge in [0.1, 0.15) is 17.5 Å². The third-order valence-corrected chi connectivity index (χ3v) is 4.54. The van der Waals surface area contributed by atoms with E-state index in [1.807, 2.05) is 6.07 Å². The van der Waals surface area contributed by atoms with Crippen molar-refractivity contribution in [3.05, 3.63) is 30.1 Å². The number of pyridine rings is 1. The summed E-state index contributed by atoms with van der Waals surface area (Å²) < 4.78 is 5.66. The Morgan fingerprint density at radius 2 is 2.12 bits per heavy atom. The van der Waals surface area contributed by atoms with Crippen molar-refractivity contribution < 1.29 is 4.74 Å². The maximum Gasteiger partial charge on any atom is 0.268 e. The minimum absolute atomic E-state index is 0.121. The molecule has 0 aromatic carbocycles. The van der Waals surface area contributed by atoms with Crippen LogP contribution < -0.4 is 15.4 Å². The van der Waals surface area contributed by atoms with Gasteiger partial charge in [-0.15, -0.1) is 5.10 Å². The fraction of sp³-hybridized carbons (Fsp3) is 0.353. The molecule has 0 saturated carbocycles. The Hall–Kier alpha value is -3.25. The molecule has 26 heavy (non-hydrogen) atoms. The van der Waals surface area contributed by atoms with Gasteiger partial charge in [0.05, 0.1) is 6.20 Å². The summed E-state index contributed by atoms with van der Waals surface area (Å²) in [6.45, 7) is 3.75. The number of nitriles is 1. The molecule has 1 fully saturated rings. The summed E-state index contributed by atoms with van der Waals surface area (Å²) in [5, 5.41) is 16.1. The zero-order valence-corrected chi connectivity index (χ0v) is 14.3. The van der Waals surface area contributed by atoms with Crippen LogP contribution in [-0.2, 0) is 0 Å². The first-order chi connectivity index (χ1) is 12.6. The lowest BCUT2D eigenvalue weighted by Gasteiger charge is -2.37. The number of fused-ring (bicyclic) bond motifs is 1. The van der Waals surface area contributed by atoms with Crippen molar-refractivity contribution in [2.24, 2.45) is 5.73 Å². The summed E-state index contributed by atoms with van der Waals surface area (Å²) in [6, 6.07) is 5.34. The van der Waals surface area contributed by atoms with Gasteiger partial charge in [0.15, 0.2) is 11.2 Å². The number of ether oxygens (including phenoxy) is 1. The molecule has 9 heteroatoms. The number of piperidine rings is 1. The average Bonchev–Trinajstić information content (AvgIpc) is 3.04. The van der Waals surface area contributed by atoms with Gasteiger partial charge in [0, 0.05) is 24.8 Å². The number of aromatic amines is 1. The number of nitrogens with zero attached hydrogens (tertiary/aromatic N) is 6. The van der Waals surface area contributed by atoms with E-state index in [9.17, 15) is 0 Å². The first kappa shape index (κ1) is 16.2. The molecule has 1 aliphatic rings. The van der Waals surface area contributed by atoms with E-state index >= 15 is 0 Å². The number of rotatable bonds is 3. The first-order valence-corrected chi connectivity index (χ1v) is 8.34. The van der Waals surface area contributed by atoms with Gasteiger partial charge in [-0.3, -0.25) is 5.10 Å². The molecule has 0 amide bonds. The van der Waals surface area contributed by atoms with Crippen LogP contribution in [0.15, 0.2) is 24.5 Å². The van der Waals surface area contributed by atoms with E-state index in [1.54, 1.807) is 24.5 Å². The maximum absolute atomic E-state index is 9.14. The largest absolute Gasteiger partial charge is 0.415 e. The van der Waals surface area contributed by atoms with E-state index in [2.05, 4.69) is 37.0 Å². The zero-order chi connectivity index (χ0) is 18.1. The molecule has 0 atom stereocenters. The Balaban J connectivity index is 1.59. The van der Waals surface area contributed by atoms with Gasteiger partial charge in [0.2, 0.25) is 5.88 Å². The lowest BCUT2D eigenvalue weighted by atomic mass is 9.91. The van der Waals surface area contributed by atoms with Crippen LogP contribution >= 0.6 is 0 Å². The number of aromatic nitrogens is 5. The number of hydrogen-bond acceptors (Lipinski definition) is 8. The highest BCUT2D eigenvalue weighted by atomic mass is 16.5. The molecule has 3 N–H and O–H groups in total. The van der Waals surface area contributed by atoms with E-state index in [4.69, 9.17) is 15.7 Å². The molecule has 1 aliphatic heterocycles. The monoisotopic (exact) mass is 350 g/mol. The Morgan fingerprint density at radius 3 is 2.88 bits per heavy atom.